The van der Waals surface area contributed by atoms with Gasteiger partial charge in [0.1, 0.15) is 0 Å². The van der Waals surface area contributed by atoms with Crippen LogP contribution in [0.1, 0.15) is 6.92 Å². The van der Waals surface area contributed by atoms with Gasteiger partial charge < -0.3 is 16.6 Å². The Bertz CT molecular complexity index is 268. The van der Waals surface area contributed by atoms with E-state index in [4.69, 9.17) is 16.6 Å². The SMILES string of the molecule is CC1C(N)=CC(C(=O)O)=CC1N. The number of carboxylic acid groups (broad SMARTS) is 1. The molecular weight excluding hydrogens is 156 g/mol. The molecule has 0 aromatic heterocycles. The lowest BCUT2D eigenvalue weighted by Gasteiger charge is -2.21. The smallest absolute Gasteiger partial charge is 0.335 e. The monoisotopic (exact) mass is 168 g/mol. The highest BCUT2D eigenvalue weighted by Gasteiger charge is 2.20. The molecule has 0 aromatic carbocycles. The van der Waals surface area contributed by atoms with E-state index in [2.05, 4.69) is 0 Å². The number of carboxylic acids is 1. The second kappa shape index (κ2) is 2.98. The summed E-state index contributed by atoms with van der Waals surface area (Å²) in [5, 5.41) is 8.64. The molecule has 4 heteroatoms. The summed E-state index contributed by atoms with van der Waals surface area (Å²) < 4.78 is 0. The summed E-state index contributed by atoms with van der Waals surface area (Å²) >= 11 is 0. The van der Waals surface area contributed by atoms with E-state index < -0.39 is 5.97 Å². The van der Waals surface area contributed by atoms with Crippen molar-refractivity contribution in [2.45, 2.75) is 13.0 Å². The number of rotatable bonds is 1. The molecule has 0 fully saturated rings. The zero-order valence-electron chi connectivity index (χ0n) is 6.82. The third-order valence-corrected chi connectivity index (χ3v) is 2.04. The second-order valence-corrected chi connectivity index (χ2v) is 2.94. The molecule has 0 bridgehead atoms. The Morgan fingerprint density at radius 3 is 2.67 bits per heavy atom. The molecule has 1 rings (SSSR count). The molecule has 4 nitrogen and oxygen atoms in total. The van der Waals surface area contributed by atoms with Gasteiger partial charge in [-0.05, 0) is 6.08 Å². The van der Waals surface area contributed by atoms with E-state index in [1.807, 2.05) is 6.92 Å². The van der Waals surface area contributed by atoms with Gasteiger partial charge in [0, 0.05) is 17.7 Å². The van der Waals surface area contributed by atoms with Crippen LogP contribution in [0, 0.1) is 5.92 Å². The van der Waals surface area contributed by atoms with Gasteiger partial charge in [0.25, 0.3) is 0 Å². The van der Waals surface area contributed by atoms with Crippen molar-refractivity contribution in [3.05, 3.63) is 23.4 Å². The second-order valence-electron chi connectivity index (χ2n) is 2.94. The third-order valence-electron chi connectivity index (χ3n) is 2.04. The fourth-order valence-electron chi connectivity index (χ4n) is 1.07. The Hall–Kier alpha value is -1.29. The van der Waals surface area contributed by atoms with E-state index in [-0.39, 0.29) is 17.5 Å². The van der Waals surface area contributed by atoms with Crippen molar-refractivity contribution in [2.24, 2.45) is 17.4 Å². The van der Waals surface area contributed by atoms with Crippen molar-refractivity contribution in [3.63, 3.8) is 0 Å². The van der Waals surface area contributed by atoms with Gasteiger partial charge in [0.15, 0.2) is 0 Å². The summed E-state index contributed by atoms with van der Waals surface area (Å²) in [4.78, 5) is 10.5. The van der Waals surface area contributed by atoms with E-state index in [0.29, 0.717) is 5.70 Å². The van der Waals surface area contributed by atoms with E-state index in [1.165, 1.54) is 12.2 Å². The highest BCUT2D eigenvalue weighted by atomic mass is 16.4. The molecule has 0 heterocycles. The molecule has 12 heavy (non-hydrogen) atoms. The maximum Gasteiger partial charge on any atom is 0.335 e. The normalized spacial score (nSPS) is 29.2. The minimum absolute atomic E-state index is 0.0214. The van der Waals surface area contributed by atoms with Crippen LogP contribution in [0.25, 0.3) is 0 Å². The van der Waals surface area contributed by atoms with Gasteiger partial charge in [-0.1, -0.05) is 13.0 Å². The standard InChI is InChI=1S/C8H12N2O2/c1-4-6(9)2-5(8(11)12)3-7(4)10/h2-4,6H,9-10H2,1H3,(H,11,12). The summed E-state index contributed by atoms with van der Waals surface area (Å²) in [5.74, 6) is -0.964. The molecule has 0 saturated heterocycles. The Kier molecular flexibility index (Phi) is 2.19. The molecule has 0 radical (unpaired) electrons. The molecule has 0 aliphatic heterocycles. The molecule has 0 aromatic rings. The number of carbonyl (C=O) groups is 1. The Morgan fingerprint density at radius 2 is 2.25 bits per heavy atom. The van der Waals surface area contributed by atoms with Crippen LogP contribution < -0.4 is 11.5 Å². The molecule has 0 spiro atoms. The number of hydrogen-bond acceptors (Lipinski definition) is 3. The molecule has 2 atom stereocenters. The highest BCUT2D eigenvalue weighted by molar-refractivity contribution is 5.90. The van der Waals surface area contributed by atoms with E-state index >= 15 is 0 Å². The molecule has 1 aliphatic carbocycles. The van der Waals surface area contributed by atoms with Crippen LogP contribution in [0.3, 0.4) is 0 Å². The Morgan fingerprint density at radius 1 is 1.67 bits per heavy atom. The van der Waals surface area contributed by atoms with Gasteiger partial charge in [0.2, 0.25) is 0 Å². The zero-order chi connectivity index (χ0) is 9.30. The van der Waals surface area contributed by atoms with Crippen LogP contribution in [0.15, 0.2) is 23.4 Å². The maximum absolute atomic E-state index is 10.5. The summed E-state index contributed by atoms with van der Waals surface area (Å²) in [6.07, 6.45) is 2.97. The van der Waals surface area contributed by atoms with Gasteiger partial charge in [0.05, 0.1) is 5.57 Å². The van der Waals surface area contributed by atoms with Crippen LogP contribution in [0.2, 0.25) is 0 Å². The van der Waals surface area contributed by atoms with E-state index in [1.54, 1.807) is 0 Å². The van der Waals surface area contributed by atoms with Crippen molar-refractivity contribution in [1.82, 2.24) is 0 Å². The van der Waals surface area contributed by atoms with E-state index in [9.17, 15) is 4.79 Å². The lowest BCUT2D eigenvalue weighted by molar-refractivity contribution is -0.132. The number of nitrogens with two attached hydrogens (primary N) is 2. The summed E-state index contributed by atoms with van der Waals surface area (Å²) in [6, 6.07) is -0.291. The fourth-order valence-corrected chi connectivity index (χ4v) is 1.07. The minimum atomic E-state index is -0.986. The van der Waals surface area contributed by atoms with Gasteiger partial charge >= 0.3 is 5.97 Å². The third kappa shape index (κ3) is 1.48. The molecular formula is C8H12N2O2. The Balaban J connectivity index is 2.95. The molecule has 1 aliphatic rings. The van der Waals surface area contributed by atoms with Crippen molar-refractivity contribution in [3.8, 4) is 0 Å². The predicted octanol–water partition coefficient (Wildman–Crippen LogP) is -0.183. The van der Waals surface area contributed by atoms with Crippen molar-refractivity contribution >= 4 is 5.97 Å². The van der Waals surface area contributed by atoms with Crippen LogP contribution in [0.5, 0.6) is 0 Å². The summed E-state index contributed by atoms with van der Waals surface area (Å²) in [6.45, 7) is 1.87. The first-order valence-electron chi connectivity index (χ1n) is 3.70. The molecule has 66 valence electrons. The van der Waals surface area contributed by atoms with Crippen LogP contribution >= 0.6 is 0 Å². The first-order valence-corrected chi connectivity index (χ1v) is 3.70. The lowest BCUT2D eigenvalue weighted by atomic mass is 9.91. The summed E-state index contributed by atoms with van der Waals surface area (Å²) in [7, 11) is 0. The van der Waals surface area contributed by atoms with Gasteiger partial charge in [-0.2, -0.15) is 0 Å². The molecule has 0 amide bonds. The average Bonchev–Trinajstić information content (AvgIpc) is 1.99. The quantitative estimate of drug-likeness (QED) is 0.506. The fraction of sp³-hybridized carbons (Fsp3) is 0.375. The summed E-state index contributed by atoms with van der Waals surface area (Å²) in [5.41, 5.74) is 11.9. The van der Waals surface area contributed by atoms with Crippen molar-refractivity contribution in [2.75, 3.05) is 0 Å². The molecule has 2 unspecified atom stereocenters. The van der Waals surface area contributed by atoms with Crippen LogP contribution in [-0.4, -0.2) is 17.1 Å². The van der Waals surface area contributed by atoms with Crippen LogP contribution in [-0.2, 0) is 4.79 Å². The lowest BCUT2D eigenvalue weighted by Crippen LogP contribution is -2.33. The van der Waals surface area contributed by atoms with Gasteiger partial charge in [-0.25, -0.2) is 4.79 Å². The van der Waals surface area contributed by atoms with Crippen molar-refractivity contribution in [1.29, 1.82) is 0 Å². The maximum atomic E-state index is 10.5. The average molecular weight is 168 g/mol. The highest BCUT2D eigenvalue weighted by Crippen LogP contribution is 2.18. The van der Waals surface area contributed by atoms with Crippen molar-refractivity contribution < 1.29 is 9.90 Å². The number of aliphatic carboxylic acids is 1. The predicted molar refractivity (Wildman–Crippen MR) is 45.1 cm³/mol. The first-order chi connectivity index (χ1) is 5.52. The Labute approximate surface area is 70.5 Å². The zero-order valence-corrected chi connectivity index (χ0v) is 6.82. The minimum Gasteiger partial charge on any atom is -0.478 e. The van der Waals surface area contributed by atoms with E-state index in [0.717, 1.165) is 0 Å². The largest absolute Gasteiger partial charge is 0.478 e. The topological polar surface area (TPSA) is 89.3 Å². The van der Waals surface area contributed by atoms with Gasteiger partial charge in [-0.3, -0.25) is 0 Å². The molecule has 5 N–H and O–H groups in total. The number of hydrogen-bond donors (Lipinski definition) is 3. The molecule has 0 saturated carbocycles. The van der Waals surface area contributed by atoms with Gasteiger partial charge in [-0.15, -0.1) is 0 Å². The van der Waals surface area contributed by atoms with Crippen LogP contribution in [0.4, 0.5) is 0 Å². The first kappa shape index (κ1) is 8.80.